The van der Waals surface area contributed by atoms with E-state index in [0.717, 1.165) is 46.1 Å². The van der Waals surface area contributed by atoms with Crippen molar-refractivity contribution >= 4 is 40.9 Å². The first-order valence-electron chi connectivity index (χ1n) is 8.96. The maximum Gasteiger partial charge on any atom is 0.164 e. The number of nitrogens with one attached hydrogen (secondary N) is 1. The van der Waals surface area contributed by atoms with E-state index >= 15 is 0 Å². The molecule has 1 saturated heterocycles. The van der Waals surface area contributed by atoms with Crippen molar-refractivity contribution in [2.75, 3.05) is 25.9 Å². The van der Waals surface area contributed by atoms with Gasteiger partial charge in [-0.05, 0) is 32.4 Å². The van der Waals surface area contributed by atoms with Gasteiger partial charge in [0, 0.05) is 35.2 Å². The maximum absolute atomic E-state index is 6.60. The third-order valence-corrected chi connectivity index (χ3v) is 5.85. The molecule has 4 rings (SSSR count). The van der Waals surface area contributed by atoms with Crippen LogP contribution in [-0.2, 0) is 0 Å². The molecule has 3 heterocycles. The van der Waals surface area contributed by atoms with Gasteiger partial charge < -0.3 is 15.8 Å². The number of fused-ring (bicyclic) bond motifs is 1. The Bertz CT molecular complexity index is 1030. The number of aromatic nitrogens is 4. The minimum absolute atomic E-state index is 0. The molecule has 0 spiro atoms. The van der Waals surface area contributed by atoms with Crippen molar-refractivity contribution in [3.05, 3.63) is 39.8 Å². The van der Waals surface area contributed by atoms with Gasteiger partial charge in [-0.1, -0.05) is 11.6 Å². The molecule has 0 aliphatic carbocycles. The molecule has 7 nitrogen and oxygen atoms in total. The molecule has 0 bridgehead atoms. The molecule has 0 radical (unpaired) electrons. The summed E-state index contributed by atoms with van der Waals surface area (Å²) in [6.07, 6.45) is 1.47. The van der Waals surface area contributed by atoms with Gasteiger partial charge >= 0.3 is 0 Å². The van der Waals surface area contributed by atoms with Gasteiger partial charge in [0.2, 0.25) is 0 Å². The fourth-order valence-corrected chi connectivity index (χ4v) is 4.08. The molecule has 1 aliphatic rings. The third kappa shape index (κ3) is 3.07. The Labute approximate surface area is 175 Å². The summed E-state index contributed by atoms with van der Waals surface area (Å²) in [5, 5.41) is 9.53. The van der Waals surface area contributed by atoms with Crippen molar-refractivity contribution in [2.45, 2.75) is 32.7 Å². The number of hydrogen-bond donors (Lipinski definition) is 2. The Hall–Kier alpha value is -2.09. The average Bonchev–Trinajstić information content (AvgIpc) is 2.94. The van der Waals surface area contributed by atoms with Gasteiger partial charge in [0.15, 0.2) is 5.65 Å². The molecule has 1 atom stereocenters. The van der Waals surface area contributed by atoms with E-state index < -0.39 is 0 Å². The summed E-state index contributed by atoms with van der Waals surface area (Å²) in [6, 6.07) is 1.85. The lowest BCUT2D eigenvalue weighted by Crippen LogP contribution is -2.40. The molecule has 3 aromatic rings. The molecule has 1 aromatic carbocycles. The van der Waals surface area contributed by atoms with Crippen molar-refractivity contribution in [1.29, 1.82) is 0 Å². The number of nitrogens with two attached hydrogens (primary N) is 1. The predicted octanol–water partition coefficient (Wildman–Crippen LogP) is 3.41. The van der Waals surface area contributed by atoms with Crippen LogP contribution in [0.3, 0.4) is 0 Å². The normalized spacial score (nSPS) is 15.2. The largest absolute Gasteiger partial charge is 0.496 e. The van der Waals surface area contributed by atoms with E-state index in [9.17, 15) is 0 Å². The molecule has 0 amide bonds. The Kier molecular flexibility index (Phi) is 5.70. The second-order valence-electron chi connectivity index (χ2n) is 7.04. The first kappa shape index (κ1) is 20.6. The van der Waals surface area contributed by atoms with Crippen LogP contribution in [0.25, 0.3) is 11.0 Å². The third-order valence-electron chi connectivity index (χ3n) is 5.46. The van der Waals surface area contributed by atoms with E-state index in [2.05, 4.69) is 27.3 Å². The summed E-state index contributed by atoms with van der Waals surface area (Å²) in [7, 11) is 1.71. The molecule has 150 valence electrons. The zero-order valence-corrected chi connectivity index (χ0v) is 17.9. The van der Waals surface area contributed by atoms with Gasteiger partial charge in [-0.25, -0.2) is 14.6 Å². The van der Waals surface area contributed by atoms with E-state index in [1.807, 2.05) is 24.6 Å². The Morgan fingerprint density at radius 2 is 2.04 bits per heavy atom. The number of anilines is 1. The molecule has 3 N–H and O–H groups in total. The number of rotatable bonds is 4. The van der Waals surface area contributed by atoms with Crippen LogP contribution in [0.2, 0.25) is 5.02 Å². The monoisotopic (exact) mass is 422 g/mol. The van der Waals surface area contributed by atoms with Gasteiger partial charge in [-0.3, -0.25) is 0 Å². The lowest BCUT2D eigenvalue weighted by atomic mass is 9.86. The lowest BCUT2D eigenvalue weighted by Gasteiger charge is -2.32. The summed E-state index contributed by atoms with van der Waals surface area (Å²) >= 11 is 6.60. The number of methoxy groups -OCH3 is 1. The van der Waals surface area contributed by atoms with Crippen LogP contribution >= 0.6 is 24.0 Å². The van der Waals surface area contributed by atoms with Crippen molar-refractivity contribution in [3.63, 3.8) is 0 Å². The fourth-order valence-electron chi connectivity index (χ4n) is 3.86. The second kappa shape index (κ2) is 7.73. The Morgan fingerprint density at radius 1 is 1.32 bits per heavy atom. The van der Waals surface area contributed by atoms with Gasteiger partial charge in [0.05, 0.1) is 24.2 Å². The smallest absolute Gasteiger partial charge is 0.164 e. The highest BCUT2D eigenvalue weighted by Gasteiger charge is 2.30. The van der Waals surface area contributed by atoms with Gasteiger partial charge in [-0.2, -0.15) is 5.10 Å². The fraction of sp³-hybridized carbons (Fsp3) is 0.421. The van der Waals surface area contributed by atoms with Crippen LogP contribution < -0.4 is 15.8 Å². The molecule has 1 unspecified atom stereocenters. The number of aryl methyl sites for hydroxylation is 1. The highest BCUT2D eigenvalue weighted by atomic mass is 35.5. The quantitative estimate of drug-likeness (QED) is 0.669. The van der Waals surface area contributed by atoms with Crippen molar-refractivity contribution in [2.24, 2.45) is 0 Å². The number of benzene rings is 1. The summed E-state index contributed by atoms with van der Waals surface area (Å²) in [6.45, 7) is 7.89. The van der Waals surface area contributed by atoms with Crippen LogP contribution in [0, 0.1) is 13.8 Å². The maximum atomic E-state index is 6.60. The number of ether oxygens (including phenoxy) is 1. The van der Waals surface area contributed by atoms with Crippen LogP contribution in [0.15, 0.2) is 12.4 Å². The summed E-state index contributed by atoms with van der Waals surface area (Å²) in [5.74, 6) is 1.71. The van der Waals surface area contributed by atoms with E-state index in [0.29, 0.717) is 17.4 Å². The molecule has 9 heteroatoms. The molecule has 1 aliphatic heterocycles. The highest BCUT2D eigenvalue weighted by Crippen LogP contribution is 2.42. The van der Waals surface area contributed by atoms with Crippen molar-refractivity contribution < 1.29 is 4.74 Å². The summed E-state index contributed by atoms with van der Waals surface area (Å²) in [5.41, 5.74) is 10.8. The van der Waals surface area contributed by atoms with Crippen LogP contribution in [0.4, 0.5) is 5.82 Å². The summed E-state index contributed by atoms with van der Waals surface area (Å²) < 4.78 is 7.74. The lowest BCUT2D eigenvalue weighted by molar-refractivity contribution is 0.374. The number of nitrogen functional groups attached to an aromatic ring is 1. The molecular weight excluding hydrogens is 399 g/mol. The molecular formula is C19H24Cl2N6O. The number of nitrogens with zero attached hydrogens (tertiary/aromatic N) is 4. The molecule has 2 aromatic heterocycles. The zero-order valence-electron chi connectivity index (χ0n) is 16.3. The van der Waals surface area contributed by atoms with E-state index in [4.69, 9.17) is 22.1 Å². The number of hydrogen-bond acceptors (Lipinski definition) is 6. The Morgan fingerprint density at radius 3 is 2.64 bits per heavy atom. The first-order chi connectivity index (χ1) is 12.9. The summed E-state index contributed by atoms with van der Waals surface area (Å²) in [4.78, 5) is 8.50. The van der Waals surface area contributed by atoms with Crippen molar-refractivity contribution in [3.8, 4) is 5.75 Å². The van der Waals surface area contributed by atoms with E-state index in [1.165, 1.54) is 11.9 Å². The van der Waals surface area contributed by atoms with E-state index in [1.54, 1.807) is 7.11 Å². The minimum atomic E-state index is -0.129. The minimum Gasteiger partial charge on any atom is -0.496 e. The van der Waals surface area contributed by atoms with Gasteiger partial charge in [-0.15, -0.1) is 12.4 Å². The van der Waals surface area contributed by atoms with E-state index in [-0.39, 0.29) is 18.4 Å². The predicted molar refractivity (Wildman–Crippen MR) is 114 cm³/mol. The second-order valence-corrected chi connectivity index (χ2v) is 7.45. The topological polar surface area (TPSA) is 90.9 Å². The van der Waals surface area contributed by atoms with Crippen LogP contribution in [0.5, 0.6) is 5.75 Å². The van der Waals surface area contributed by atoms with Crippen LogP contribution in [0.1, 0.15) is 41.3 Å². The van der Waals surface area contributed by atoms with Crippen LogP contribution in [-0.4, -0.2) is 39.9 Å². The molecule has 1 fully saturated rings. The zero-order chi connectivity index (χ0) is 19.3. The average molecular weight is 423 g/mol. The van der Waals surface area contributed by atoms with Crippen molar-refractivity contribution in [1.82, 2.24) is 25.1 Å². The highest BCUT2D eigenvalue weighted by molar-refractivity contribution is 6.31. The standard InChI is InChI=1S/C19H23ClN6O.ClH/c1-9-14(20)5-13(17(27-4)15(9)12-6-22-7-12)11(3)26-19-16(10(2)25-26)18(21)23-8-24-19;/h5,8,11-12,22H,6-7H2,1-4H3,(H2,21,23,24);1H. The molecule has 0 saturated carbocycles. The van der Waals surface area contributed by atoms with Gasteiger partial charge in [0.1, 0.15) is 17.9 Å². The van der Waals surface area contributed by atoms with Gasteiger partial charge in [0.25, 0.3) is 0 Å². The Balaban J connectivity index is 0.00000225. The SMILES string of the molecule is COc1c(C(C)n2nc(C)c3c(N)ncnc32)cc(Cl)c(C)c1C1CNC1.Cl. The molecule has 28 heavy (non-hydrogen) atoms. The first-order valence-corrected chi connectivity index (χ1v) is 9.34. The number of halogens is 2.